The van der Waals surface area contributed by atoms with Crippen molar-refractivity contribution < 1.29 is 82.7 Å². The van der Waals surface area contributed by atoms with Crippen LogP contribution >= 0.6 is 11.8 Å². The Kier molecular flexibility index (Phi) is 20.0. The molecule has 66 heavy (non-hydrogen) atoms. The maximum Gasteiger partial charge on any atom is 0.408 e. The number of nitrogens with one attached hydrogen (secondary N) is 3. The molecule has 24 nitrogen and oxygen atoms in total. The van der Waals surface area contributed by atoms with E-state index in [1.54, 1.807) is 27.7 Å². The Hall–Kier alpha value is -6.16. The molecule has 1 heterocycles. The summed E-state index contributed by atoms with van der Waals surface area (Å²) in [6.07, 6.45) is -0.816. The Bertz CT molecular complexity index is 2240. The second kappa shape index (κ2) is 24.4. The third-order valence-electron chi connectivity index (χ3n) is 9.33. The van der Waals surface area contributed by atoms with Crippen molar-refractivity contribution in [2.45, 2.75) is 67.6 Å². The molecule has 0 aliphatic carbocycles. The van der Waals surface area contributed by atoms with E-state index in [0.717, 1.165) is 26.1 Å². The van der Waals surface area contributed by atoms with Gasteiger partial charge in [0.1, 0.15) is 18.4 Å². The van der Waals surface area contributed by atoms with Gasteiger partial charge in [-0.25, -0.2) is 18.1 Å². The second-order valence-corrected chi connectivity index (χ2v) is 18.6. The summed E-state index contributed by atoms with van der Waals surface area (Å²) in [6, 6.07) is 9.56. The number of aromatic hydroxyl groups is 2. The number of aliphatic carboxylic acids is 4. The number of hydrogen-bond acceptors (Lipinski definition) is 17. The minimum Gasteiger partial charge on any atom is -0.494 e. The fraction of sp³-hybridized carbons (Fsp3) is 0.450. The standard InChI is InChI=1S/C40H55N7O17S2/c1-24(16-44(18-33(49)50)19-34(51)52)46(23-63-60)28(17-45(20-35(53)54)21-36(55)56)14-25-6-8-26(9-7-25)43-66(61,62)29-12-10-27(11-13-29)47-32(48)15-31(38(47)58)65-22-30(37(57)41-5)42-39(59)64-40(2,3)4/h6-13,15,24,28,30,43,48,58,60H,14,16-23H2,1-5H3,(H,41,57)(H,42,59)(H,49,50)(H,51,52)(H,53,54)(H,55,56)/t24-,28+,30?/m0/s1. The molecule has 26 heteroatoms. The number of sulfonamides is 1. The van der Waals surface area contributed by atoms with Gasteiger partial charge in [0.05, 0.1) is 41.7 Å². The minimum absolute atomic E-state index is 0.0206. The SMILES string of the molecule is CNC(=O)C(CSc1cc(O)n(-c2ccc(S(=O)(=O)Nc3ccc(C[C@H](CN(CC(=O)O)CC(=O)O)N(COO)[C@@H](C)CN(CC(=O)O)CC(=O)O)cc3)cc2)c1O)NC(=O)OC(C)(C)C. The smallest absolute Gasteiger partial charge is 0.408 e. The number of hydrogen-bond donors (Lipinski definition) is 10. The number of rotatable bonds is 27. The lowest BCUT2D eigenvalue weighted by molar-refractivity contribution is -0.277. The maximum absolute atomic E-state index is 13.5. The highest BCUT2D eigenvalue weighted by Crippen LogP contribution is 2.38. The van der Waals surface area contributed by atoms with Gasteiger partial charge in [-0.15, -0.1) is 11.8 Å². The molecule has 3 atom stereocenters. The van der Waals surface area contributed by atoms with Gasteiger partial charge in [-0.2, -0.15) is 0 Å². The molecule has 0 bridgehead atoms. The van der Waals surface area contributed by atoms with Crippen LogP contribution in [0, 0.1) is 0 Å². The average Bonchev–Trinajstić information content (AvgIpc) is 3.48. The Morgan fingerprint density at radius 2 is 1.35 bits per heavy atom. The Labute approximate surface area is 383 Å². The molecule has 364 valence electrons. The number of thioether (sulfide) groups is 1. The van der Waals surface area contributed by atoms with E-state index >= 15 is 0 Å². The first-order valence-electron chi connectivity index (χ1n) is 19.9. The van der Waals surface area contributed by atoms with Crippen molar-refractivity contribution in [3.8, 4) is 17.4 Å². The molecule has 0 spiro atoms. The fourth-order valence-corrected chi connectivity index (χ4v) is 8.68. The van der Waals surface area contributed by atoms with Crippen molar-refractivity contribution in [3.05, 3.63) is 60.2 Å². The van der Waals surface area contributed by atoms with Crippen LogP contribution < -0.4 is 15.4 Å². The second-order valence-electron chi connectivity index (χ2n) is 15.8. The average molecular weight is 970 g/mol. The van der Waals surface area contributed by atoms with Crippen LogP contribution in [-0.4, -0.2) is 182 Å². The summed E-state index contributed by atoms with van der Waals surface area (Å²) in [5.41, 5.74) is -0.0275. The fourth-order valence-electron chi connectivity index (χ4n) is 6.63. The molecule has 3 aromatic rings. The molecule has 1 aromatic heterocycles. The summed E-state index contributed by atoms with van der Waals surface area (Å²) in [6.45, 7) is 2.91. The summed E-state index contributed by atoms with van der Waals surface area (Å²) >= 11 is 0.949. The summed E-state index contributed by atoms with van der Waals surface area (Å²) in [4.78, 5) is 79.2. The minimum atomic E-state index is -4.24. The van der Waals surface area contributed by atoms with Gasteiger partial charge >= 0.3 is 30.0 Å². The first-order chi connectivity index (χ1) is 30.8. The van der Waals surface area contributed by atoms with Crippen molar-refractivity contribution in [1.82, 2.24) is 29.9 Å². The van der Waals surface area contributed by atoms with Crippen molar-refractivity contribution in [1.29, 1.82) is 0 Å². The van der Waals surface area contributed by atoms with Crippen LogP contribution in [0.1, 0.15) is 33.3 Å². The predicted molar refractivity (Wildman–Crippen MR) is 235 cm³/mol. The zero-order chi connectivity index (χ0) is 49.5. The van der Waals surface area contributed by atoms with Gasteiger partial charge < -0.3 is 46.0 Å². The van der Waals surface area contributed by atoms with E-state index in [0.29, 0.717) is 5.56 Å². The van der Waals surface area contributed by atoms with Crippen molar-refractivity contribution in [3.63, 3.8) is 0 Å². The number of benzene rings is 2. The summed E-state index contributed by atoms with van der Waals surface area (Å²) in [5, 5.41) is 73.9. The topological polar surface area (TPSA) is 347 Å². The Morgan fingerprint density at radius 3 is 1.83 bits per heavy atom. The highest BCUT2D eigenvalue weighted by molar-refractivity contribution is 7.99. The maximum atomic E-state index is 13.5. The van der Waals surface area contributed by atoms with E-state index in [4.69, 9.17) is 4.74 Å². The number of alkyl carbamates (subject to hydrolysis) is 1. The molecule has 2 amide bonds. The predicted octanol–water partition coefficient (Wildman–Crippen LogP) is 1.41. The molecule has 0 saturated heterocycles. The van der Waals surface area contributed by atoms with Crippen molar-refractivity contribution in [2.24, 2.45) is 0 Å². The molecule has 0 fully saturated rings. The van der Waals surface area contributed by atoms with E-state index in [2.05, 4.69) is 20.2 Å². The van der Waals surface area contributed by atoms with Crippen molar-refractivity contribution in [2.75, 3.05) is 63.5 Å². The summed E-state index contributed by atoms with van der Waals surface area (Å²) in [5.74, 6) is -6.74. The molecule has 1 unspecified atom stereocenters. The summed E-state index contributed by atoms with van der Waals surface area (Å²) < 4.78 is 35.7. The van der Waals surface area contributed by atoms with Crippen LogP contribution in [0.15, 0.2) is 64.4 Å². The first kappa shape index (κ1) is 54.2. The van der Waals surface area contributed by atoms with Gasteiger partial charge in [0.25, 0.3) is 10.0 Å². The lowest BCUT2D eigenvalue weighted by atomic mass is 10.0. The zero-order valence-corrected chi connectivity index (χ0v) is 38.2. The van der Waals surface area contributed by atoms with Gasteiger partial charge in [-0.05, 0) is 76.1 Å². The van der Waals surface area contributed by atoms with Crippen LogP contribution in [0.3, 0.4) is 0 Å². The molecule has 10 N–H and O–H groups in total. The molecular weight excluding hydrogens is 915 g/mol. The Morgan fingerprint density at radius 1 is 0.818 bits per heavy atom. The van der Waals surface area contributed by atoms with Gasteiger partial charge in [0.15, 0.2) is 5.88 Å². The molecule has 0 aliphatic rings. The highest BCUT2D eigenvalue weighted by atomic mass is 32.2. The molecular formula is C40H55N7O17S2. The first-order valence-corrected chi connectivity index (χ1v) is 22.3. The van der Waals surface area contributed by atoms with Gasteiger partial charge in [-0.1, -0.05) is 12.1 Å². The zero-order valence-electron chi connectivity index (χ0n) is 36.6. The van der Waals surface area contributed by atoms with E-state index in [9.17, 15) is 73.1 Å². The number of amides is 2. The number of anilines is 1. The van der Waals surface area contributed by atoms with Crippen LogP contribution in [0.5, 0.6) is 11.8 Å². The number of carboxylic acid groups (broad SMARTS) is 4. The van der Waals surface area contributed by atoms with E-state index in [1.165, 1.54) is 66.5 Å². The van der Waals surface area contributed by atoms with Gasteiger partial charge in [0.2, 0.25) is 11.8 Å². The van der Waals surface area contributed by atoms with Crippen LogP contribution in [0.4, 0.5) is 10.5 Å². The monoisotopic (exact) mass is 969 g/mol. The quantitative estimate of drug-likeness (QED) is 0.0223. The molecule has 0 radical (unpaired) electrons. The van der Waals surface area contributed by atoms with E-state index in [1.807, 2.05) is 0 Å². The largest absolute Gasteiger partial charge is 0.494 e. The number of likely N-dealkylation sites (N-methyl/N-ethyl adjacent to an activating group) is 1. The third kappa shape index (κ3) is 17.3. The van der Waals surface area contributed by atoms with Crippen LogP contribution in [-0.2, 0) is 50.0 Å². The van der Waals surface area contributed by atoms with E-state index in [-0.39, 0.29) is 46.4 Å². The molecule has 0 aliphatic heterocycles. The third-order valence-corrected chi connectivity index (χ3v) is 11.8. The van der Waals surface area contributed by atoms with Gasteiger partial charge in [-0.3, -0.25) is 53.2 Å². The van der Waals surface area contributed by atoms with Crippen LogP contribution in [0.2, 0.25) is 0 Å². The van der Waals surface area contributed by atoms with Crippen LogP contribution in [0.25, 0.3) is 5.69 Å². The Balaban J connectivity index is 1.83. The summed E-state index contributed by atoms with van der Waals surface area (Å²) in [7, 11) is -2.86. The van der Waals surface area contributed by atoms with E-state index < -0.39 is 114 Å². The number of carbonyl (C=O) groups excluding carboxylic acids is 2. The lowest BCUT2D eigenvalue weighted by Gasteiger charge is -2.39. The van der Waals surface area contributed by atoms with Gasteiger partial charge in [0, 0.05) is 49.7 Å². The number of aromatic nitrogens is 1. The number of carbonyl (C=O) groups is 6. The molecule has 3 rings (SSSR count). The highest BCUT2D eigenvalue weighted by Gasteiger charge is 2.31. The number of nitrogens with zero attached hydrogens (tertiary/aromatic N) is 4. The van der Waals surface area contributed by atoms with Crippen molar-refractivity contribution >= 4 is 63.4 Å². The molecule has 2 aromatic carbocycles. The number of ether oxygens (including phenoxy) is 1. The number of carboxylic acids is 4. The normalized spacial score (nSPS) is 13.2. The lowest BCUT2D eigenvalue weighted by Crippen LogP contribution is -2.54. The molecule has 0 saturated carbocycles.